The Balaban J connectivity index is 1.32. The number of aryl methyl sites for hydroxylation is 1. The van der Waals surface area contributed by atoms with Crippen LogP contribution in [0.5, 0.6) is 0 Å². The van der Waals surface area contributed by atoms with Crippen LogP contribution in [-0.4, -0.2) is 64.1 Å². The highest BCUT2D eigenvalue weighted by molar-refractivity contribution is 9.10. The number of fused-ring (bicyclic) bond motifs is 1. The number of hydrogen-bond acceptors (Lipinski definition) is 5. The van der Waals surface area contributed by atoms with Gasteiger partial charge in [-0.3, -0.25) is 14.5 Å². The third kappa shape index (κ3) is 4.27. The predicted octanol–water partition coefficient (Wildman–Crippen LogP) is 2.79. The number of aromatic nitrogens is 2. The van der Waals surface area contributed by atoms with E-state index in [0.717, 1.165) is 21.1 Å². The molecule has 1 fully saturated rings. The number of carbonyl (C=O) groups excluding carboxylic acids is 2. The first kappa shape index (κ1) is 20.6. The van der Waals surface area contributed by atoms with Crippen molar-refractivity contribution in [1.82, 2.24) is 19.5 Å². The van der Waals surface area contributed by atoms with Gasteiger partial charge >= 0.3 is 0 Å². The van der Waals surface area contributed by atoms with E-state index < -0.39 is 0 Å². The molecule has 9 heteroatoms. The van der Waals surface area contributed by atoms with Crippen LogP contribution in [0.3, 0.4) is 0 Å². The first-order valence-electron chi connectivity index (χ1n) is 9.89. The van der Waals surface area contributed by atoms with E-state index in [-0.39, 0.29) is 18.4 Å². The van der Waals surface area contributed by atoms with Crippen LogP contribution in [0.25, 0.3) is 10.9 Å². The molecule has 0 spiro atoms. The molecule has 1 aromatic carbocycles. The minimum absolute atomic E-state index is 0.0912. The van der Waals surface area contributed by atoms with Crippen molar-refractivity contribution in [2.24, 2.45) is 0 Å². The molecule has 1 aliphatic rings. The van der Waals surface area contributed by atoms with Gasteiger partial charge in [-0.05, 0) is 35.8 Å². The van der Waals surface area contributed by atoms with Crippen molar-refractivity contribution < 1.29 is 14.1 Å². The van der Waals surface area contributed by atoms with Crippen LogP contribution in [0.2, 0.25) is 0 Å². The van der Waals surface area contributed by atoms with Gasteiger partial charge in [-0.2, -0.15) is 0 Å². The van der Waals surface area contributed by atoms with Gasteiger partial charge in [0.15, 0.2) is 5.82 Å². The van der Waals surface area contributed by atoms with Gasteiger partial charge < -0.3 is 19.3 Å². The average Bonchev–Trinajstić information content (AvgIpc) is 3.25. The minimum atomic E-state index is -0.137. The van der Waals surface area contributed by atoms with Gasteiger partial charge in [-0.15, -0.1) is 0 Å². The van der Waals surface area contributed by atoms with Gasteiger partial charge in [-0.1, -0.05) is 23.4 Å². The fourth-order valence-corrected chi connectivity index (χ4v) is 4.34. The number of carbonyl (C=O) groups is 2. The van der Waals surface area contributed by atoms with Crippen LogP contribution in [0.15, 0.2) is 39.3 Å². The lowest BCUT2D eigenvalue weighted by molar-refractivity contribution is -0.133. The molecule has 0 bridgehead atoms. The molecule has 0 aliphatic carbocycles. The lowest BCUT2D eigenvalue weighted by atomic mass is 10.2. The van der Waals surface area contributed by atoms with Crippen LogP contribution < -0.4 is 5.32 Å². The summed E-state index contributed by atoms with van der Waals surface area (Å²) >= 11 is 3.64. The molecule has 30 heavy (non-hydrogen) atoms. The first-order chi connectivity index (χ1) is 14.4. The molecule has 1 N–H and O–H groups in total. The molecule has 2 amide bonds. The van der Waals surface area contributed by atoms with Crippen molar-refractivity contribution in [2.75, 3.05) is 38.0 Å². The molecule has 1 saturated heterocycles. The van der Waals surface area contributed by atoms with Gasteiger partial charge in [0.05, 0.1) is 6.54 Å². The Bertz CT molecular complexity index is 1080. The molecule has 158 valence electrons. The first-order valence-corrected chi connectivity index (χ1v) is 10.7. The standard InChI is InChI=1S/C21H24BrN5O3/c1-14-11-18(24-30-14)23-19(28)12-25-7-9-26(10-8-25)20(29)13-27-15(2)21(22)16-5-3-4-6-17(16)27/h3-6,11H,7-10,12-13H2,1-2H3,(H,23,24,28). The number of benzene rings is 1. The van der Waals surface area contributed by atoms with E-state index in [9.17, 15) is 9.59 Å². The number of anilines is 1. The quantitative estimate of drug-likeness (QED) is 0.615. The van der Waals surface area contributed by atoms with Gasteiger partial charge in [0.1, 0.15) is 12.3 Å². The molecule has 0 atom stereocenters. The van der Waals surface area contributed by atoms with E-state index >= 15 is 0 Å². The minimum Gasteiger partial charge on any atom is -0.360 e. The van der Waals surface area contributed by atoms with Crippen molar-refractivity contribution in [1.29, 1.82) is 0 Å². The maximum atomic E-state index is 12.9. The topological polar surface area (TPSA) is 83.6 Å². The van der Waals surface area contributed by atoms with E-state index in [1.54, 1.807) is 13.0 Å². The largest absolute Gasteiger partial charge is 0.360 e. The number of piperazine rings is 1. The summed E-state index contributed by atoms with van der Waals surface area (Å²) in [6.07, 6.45) is 0. The van der Waals surface area contributed by atoms with Gasteiger partial charge in [0, 0.05) is 53.3 Å². The SMILES string of the molecule is Cc1cc(NC(=O)CN2CCN(C(=O)Cn3c(C)c(Br)c4ccccc43)CC2)no1. The zero-order chi connectivity index (χ0) is 21.3. The highest BCUT2D eigenvalue weighted by atomic mass is 79.9. The summed E-state index contributed by atoms with van der Waals surface area (Å²) in [5.74, 6) is 1.03. The van der Waals surface area contributed by atoms with E-state index in [2.05, 4.69) is 37.0 Å². The van der Waals surface area contributed by atoms with Crippen LogP contribution in [0.1, 0.15) is 11.5 Å². The molecule has 0 radical (unpaired) electrons. The van der Waals surface area contributed by atoms with E-state index in [1.807, 2.05) is 34.9 Å². The number of nitrogens with one attached hydrogen (secondary N) is 1. The zero-order valence-corrected chi connectivity index (χ0v) is 18.6. The fourth-order valence-electron chi connectivity index (χ4n) is 3.79. The van der Waals surface area contributed by atoms with Crippen molar-refractivity contribution in [2.45, 2.75) is 20.4 Å². The molecular weight excluding hydrogens is 450 g/mol. The van der Waals surface area contributed by atoms with Crippen LogP contribution in [0.4, 0.5) is 5.82 Å². The Hall–Kier alpha value is -2.65. The van der Waals surface area contributed by atoms with E-state index in [0.29, 0.717) is 44.3 Å². The number of amides is 2. The van der Waals surface area contributed by atoms with Gasteiger partial charge in [-0.25, -0.2) is 0 Å². The average molecular weight is 474 g/mol. The molecular formula is C21H24BrN5O3. The second-order valence-corrected chi connectivity index (χ2v) is 8.32. The lowest BCUT2D eigenvalue weighted by Gasteiger charge is -2.34. The Morgan fingerprint density at radius 1 is 1.13 bits per heavy atom. The maximum absolute atomic E-state index is 12.9. The lowest BCUT2D eigenvalue weighted by Crippen LogP contribution is -2.51. The summed E-state index contributed by atoms with van der Waals surface area (Å²) in [6.45, 7) is 6.90. The summed E-state index contributed by atoms with van der Waals surface area (Å²) in [5.41, 5.74) is 2.09. The summed E-state index contributed by atoms with van der Waals surface area (Å²) in [5, 5.41) is 7.61. The van der Waals surface area contributed by atoms with E-state index in [4.69, 9.17) is 4.52 Å². The molecule has 0 unspecified atom stereocenters. The fraction of sp³-hybridized carbons (Fsp3) is 0.381. The number of nitrogens with zero attached hydrogens (tertiary/aromatic N) is 4. The predicted molar refractivity (Wildman–Crippen MR) is 117 cm³/mol. The molecule has 0 saturated carbocycles. The normalized spacial score (nSPS) is 15.0. The highest BCUT2D eigenvalue weighted by Gasteiger charge is 2.24. The van der Waals surface area contributed by atoms with Crippen molar-refractivity contribution in [3.63, 3.8) is 0 Å². The van der Waals surface area contributed by atoms with Crippen LogP contribution >= 0.6 is 15.9 Å². The number of para-hydroxylation sites is 1. The molecule has 2 aromatic heterocycles. The van der Waals surface area contributed by atoms with Gasteiger partial charge in [0.25, 0.3) is 0 Å². The Kier molecular flexibility index (Phi) is 5.92. The second-order valence-electron chi connectivity index (χ2n) is 7.53. The molecule has 8 nitrogen and oxygen atoms in total. The Morgan fingerprint density at radius 2 is 1.87 bits per heavy atom. The summed E-state index contributed by atoms with van der Waals surface area (Å²) in [7, 11) is 0. The van der Waals surface area contributed by atoms with Gasteiger partial charge in [0.2, 0.25) is 11.8 Å². The van der Waals surface area contributed by atoms with Crippen LogP contribution in [-0.2, 0) is 16.1 Å². The van der Waals surface area contributed by atoms with Crippen LogP contribution in [0, 0.1) is 13.8 Å². The summed E-state index contributed by atoms with van der Waals surface area (Å²) in [4.78, 5) is 29.0. The third-order valence-electron chi connectivity index (χ3n) is 5.43. The number of hydrogen-bond donors (Lipinski definition) is 1. The Labute approximate surface area is 182 Å². The molecule has 4 rings (SSSR count). The summed E-state index contributed by atoms with van der Waals surface area (Å²) in [6, 6.07) is 9.75. The molecule has 3 aromatic rings. The highest BCUT2D eigenvalue weighted by Crippen LogP contribution is 2.30. The zero-order valence-electron chi connectivity index (χ0n) is 17.0. The molecule has 1 aliphatic heterocycles. The van der Waals surface area contributed by atoms with Crippen molar-refractivity contribution in [3.05, 3.63) is 46.3 Å². The molecule has 3 heterocycles. The number of halogens is 1. The van der Waals surface area contributed by atoms with Crippen molar-refractivity contribution >= 4 is 44.5 Å². The smallest absolute Gasteiger partial charge is 0.242 e. The Morgan fingerprint density at radius 3 is 2.57 bits per heavy atom. The maximum Gasteiger partial charge on any atom is 0.242 e. The third-order valence-corrected chi connectivity index (χ3v) is 6.44. The second kappa shape index (κ2) is 8.61. The number of rotatable bonds is 5. The van der Waals surface area contributed by atoms with Crippen molar-refractivity contribution in [3.8, 4) is 0 Å². The monoisotopic (exact) mass is 473 g/mol. The van der Waals surface area contributed by atoms with E-state index in [1.165, 1.54) is 0 Å². The summed E-state index contributed by atoms with van der Waals surface area (Å²) < 4.78 is 8.04.